The van der Waals surface area contributed by atoms with Gasteiger partial charge in [-0.3, -0.25) is 9.80 Å². The average Bonchev–Trinajstić information content (AvgIpc) is 3.03. The van der Waals surface area contributed by atoms with Crippen LogP contribution in [0.15, 0.2) is 29.5 Å². The van der Waals surface area contributed by atoms with Gasteiger partial charge in [-0.15, -0.1) is 0 Å². The van der Waals surface area contributed by atoms with Crippen molar-refractivity contribution in [2.75, 3.05) is 46.4 Å². The zero-order chi connectivity index (χ0) is 26.6. The van der Waals surface area contributed by atoms with E-state index in [1.54, 1.807) is 37.1 Å². The van der Waals surface area contributed by atoms with E-state index in [-0.39, 0.29) is 29.2 Å². The molecular weight excluding hydrogens is 505 g/mol. The van der Waals surface area contributed by atoms with Gasteiger partial charge in [0.2, 0.25) is 0 Å². The van der Waals surface area contributed by atoms with Crippen molar-refractivity contribution in [1.29, 1.82) is 0 Å². The molecule has 1 saturated heterocycles. The molecule has 2 heterocycles. The largest absolute Gasteiger partial charge is 0.463 e. The number of halogens is 2. The normalized spacial score (nSPS) is 19.6. The number of amides is 4. The van der Waals surface area contributed by atoms with E-state index in [0.717, 1.165) is 6.42 Å². The molecule has 0 bridgehead atoms. The minimum absolute atomic E-state index is 0.0967. The average molecular weight is 540 g/mol. The van der Waals surface area contributed by atoms with Crippen molar-refractivity contribution in [2.45, 2.75) is 45.7 Å². The number of hydrogen-bond acceptors (Lipinski definition) is 5. The van der Waals surface area contributed by atoms with Gasteiger partial charge in [-0.05, 0) is 45.7 Å². The lowest BCUT2D eigenvalue weighted by Gasteiger charge is -2.37. The van der Waals surface area contributed by atoms with Gasteiger partial charge < -0.3 is 20.3 Å². The Morgan fingerprint density at radius 3 is 2.56 bits per heavy atom. The number of likely N-dealkylation sites (N-methyl/N-ethyl adjacent to an activating group) is 1. The molecule has 0 spiro atoms. The topological polar surface area (TPSA) is 94.2 Å². The molecule has 0 aliphatic carbocycles. The zero-order valence-corrected chi connectivity index (χ0v) is 23.0. The third-order valence-electron chi connectivity index (χ3n) is 6.10. The van der Waals surface area contributed by atoms with Gasteiger partial charge in [0.1, 0.15) is 0 Å². The molecule has 1 atom stereocenters. The van der Waals surface area contributed by atoms with Crippen LogP contribution in [0, 0.1) is 0 Å². The molecule has 11 heteroatoms. The predicted octanol–water partition coefficient (Wildman–Crippen LogP) is 4.02. The first-order valence-corrected chi connectivity index (χ1v) is 12.9. The second-order valence-corrected chi connectivity index (χ2v) is 10.7. The molecule has 3 rings (SSSR count). The van der Waals surface area contributed by atoms with Gasteiger partial charge in [0.05, 0.1) is 28.3 Å². The van der Waals surface area contributed by atoms with Crippen molar-refractivity contribution in [1.82, 2.24) is 25.3 Å². The Labute approximate surface area is 222 Å². The van der Waals surface area contributed by atoms with Crippen LogP contribution in [0.25, 0.3) is 0 Å². The van der Waals surface area contributed by atoms with Crippen LogP contribution in [-0.2, 0) is 9.53 Å². The molecular formula is C25H35Cl2N5O4. The van der Waals surface area contributed by atoms with Crippen LogP contribution in [0.5, 0.6) is 0 Å². The number of carbonyl (C=O) groups is 3. The molecule has 2 aliphatic rings. The van der Waals surface area contributed by atoms with Crippen LogP contribution < -0.4 is 10.6 Å². The molecule has 9 nitrogen and oxygen atoms in total. The van der Waals surface area contributed by atoms with Crippen LogP contribution in [-0.4, -0.2) is 84.6 Å². The molecule has 1 fully saturated rings. The fourth-order valence-electron chi connectivity index (χ4n) is 4.32. The quantitative estimate of drug-likeness (QED) is 0.551. The van der Waals surface area contributed by atoms with Crippen LogP contribution in [0.4, 0.5) is 9.59 Å². The zero-order valence-electron chi connectivity index (χ0n) is 21.5. The van der Waals surface area contributed by atoms with Crippen molar-refractivity contribution < 1.29 is 19.1 Å². The molecule has 0 saturated carbocycles. The van der Waals surface area contributed by atoms with Crippen molar-refractivity contribution in [3.8, 4) is 0 Å². The summed E-state index contributed by atoms with van der Waals surface area (Å²) in [5, 5.41) is 6.47. The number of esters is 1. The Balaban J connectivity index is 1.92. The number of rotatable bonds is 5. The first-order chi connectivity index (χ1) is 16.9. The summed E-state index contributed by atoms with van der Waals surface area (Å²) >= 11 is 12.7. The maximum atomic E-state index is 13.2. The van der Waals surface area contributed by atoms with Crippen molar-refractivity contribution >= 4 is 41.2 Å². The molecule has 36 heavy (non-hydrogen) atoms. The Hall–Kier alpha value is -2.49. The SMILES string of the molecule is CCOC(=O)C1=C(CN2CCCN(C(=O)NC(C)(C)C)CC2)N(C)C(=O)N[C@@H]1c1cccc(Cl)c1Cl. The molecule has 2 N–H and O–H groups in total. The number of ether oxygens (including phenoxy) is 1. The second kappa shape index (κ2) is 11.7. The lowest BCUT2D eigenvalue weighted by molar-refractivity contribution is -0.139. The Bertz CT molecular complexity index is 1040. The van der Waals surface area contributed by atoms with Crippen molar-refractivity contribution in [3.63, 3.8) is 0 Å². The molecule has 1 aromatic rings. The molecule has 2 aliphatic heterocycles. The van der Waals surface area contributed by atoms with Gasteiger partial charge in [0.25, 0.3) is 0 Å². The highest BCUT2D eigenvalue weighted by Gasteiger charge is 2.38. The number of benzene rings is 1. The fraction of sp³-hybridized carbons (Fsp3) is 0.560. The molecule has 1 aromatic carbocycles. The number of nitrogens with zero attached hydrogens (tertiary/aromatic N) is 3. The van der Waals surface area contributed by atoms with Gasteiger partial charge in [0, 0.05) is 51.0 Å². The highest BCUT2D eigenvalue weighted by Crippen LogP contribution is 2.37. The Morgan fingerprint density at radius 2 is 1.89 bits per heavy atom. The Kier molecular flexibility index (Phi) is 9.13. The van der Waals surface area contributed by atoms with Gasteiger partial charge in [-0.2, -0.15) is 0 Å². The van der Waals surface area contributed by atoms with E-state index in [1.807, 2.05) is 20.8 Å². The standard InChI is InChI=1S/C25H35Cl2N5O4/c1-6-36-22(33)19-18(15-31-11-8-12-32(14-13-31)24(35)29-25(2,3)4)30(5)23(34)28-21(19)16-9-7-10-17(26)20(16)27/h7,9-10,21H,6,8,11-15H2,1-5H3,(H,28,34)(H,29,35)/t21-/m1/s1. The summed E-state index contributed by atoms with van der Waals surface area (Å²) in [5.74, 6) is -0.526. The monoisotopic (exact) mass is 539 g/mol. The van der Waals surface area contributed by atoms with E-state index < -0.39 is 12.0 Å². The molecule has 0 unspecified atom stereocenters. The third kappa shape index (κ3) is 6.63. The van der Waals surface area contributed by atoms with Gasteiger partial charge in [-0.1, -0.05) is 35.3 Å². The number of carbonyl (C=O) groups excluding carboxylic acids is 3. The van der Waals surface area contributed by atoms with E-state index >= 15 is 0 Å². The molecule has 0 radical (unpaired) electrons. The van der Waals surface area contributed by atoms with Crippen molar-refractivity contribution in [3.05, 3.63) is 45.1 Å². The third-order valence-corrected chi connectivity index (χ3v) is 6.93. The lowest BCUT2D eigenvalue weighted by Crippen LogP contribution is -2.50. The summed E-state index contributed by atoms with van der Waals surface area (Å²) in [4.78, 5) is 44.2. The highest BCUT2D eigenvalue weighted by molar-refractivity contribution is 6.42. The minimum atomic E-state index is -0.810. The summed E-state index contributed by atoms with van der Waals surface area (Å²) < 4.78 is 5.40. The van der Waals surface area contributed by atoms with Crippen LogP contribution in [0.1, 0.15) is 45.7 Å². The highest BCUT2D eigenvalue weighted by atomic mass is 35.5. The minimum Gasteiger partial charge on any atom is -0.463 e. The van der Waals surface area contributed by atoms with Gasteiger partial charge in [-0.25, -0.2) is 14.4 Å². The van der Waals surface area contributed by atoms with E-state index in [0.29, 0.717) is 54.6 Å². The smallest absolute Gasteiger partial charge is 0.338 e. The van der Waals surface area contributed by atoms with Crippen molar-refractivity contribution in [2.24, 2.45) is 0 Å². The molecule has 0 aromatic heterocycles. The lowest BCUT2D eigenvalue weighted by atomic mass is 9.94. The first-order valence-electron chi connectivity index (χ1n) is 12.1. The summed E-state index contributed by atoms with van der Waals surface area (Å²) in [6, 6.07) is 3.84. The van der Waals surface area contributed by atoms with E-state index in [1.165, 1.54) is 4.90 Å². The fourth-order valence-corrected chi connectivity index (χ4v) is 4.74. The second-order valence-electron chi connectivity index (χ2n) is 9.96. The van der Waals surface area contributed by atoms with E-state index in [2.05, 4.69) is 15.5 Å². The maximum absolute atomic E-state index is 13.2. The van der Waals surface area contributed by atoms with Crippen LogP contribution in [0.3, 0.4) is 0 Å². The van der Waals surface area contributed by atoms with Crippen LogP contribution >= 0.6 is 23.2 Å². The summed E-state index contributed by atoms with van der Waals surface area (Å²) in [5.41, 5.74) is 1.05. The van der Waals surface area contributed by atoms with Gasteiger partial charge in [0.15, 0.2) is 0 Å². The molecule has 198 valence electrons. The first kappa shape index (κ1) is 28.1. The molecule has 4 amide bonds. The van der Waals surface area contributed by atoms with E-state index in [4.69, 9.17) is 27.9 Å². The van der Waals surface area contributed by atoms with E-state index in [9.17, 15) is 14.4 Å². The van der Waals surface area contributed by atoms with Gasteiger partial charge >= 0.3 is 18.0 Å². The number of hydrogen-bond donors (Lipinski definition) is 2. The number of urea groups is 2. The van der Waals surface area contributed by atoms with Crippen LogP contribution in [0.2, 0.25) is 10.0 Å². The summed E-state index contributed by atoms with van der Waals surface area (Å²) in [6.45, 7) is 10.6. The number of nitrogens with one attached hydrogen (secondary N) is 2. The Morgan fingerprint density at radius 1 is 1.17 bits per heavy atom. The predicted molar refractivity (Wildman–Crippen MR) is 140 cm³/mol. The summed E-state index contributed by atoms with van der Waals surface area (Å²) in [7, 11) is 1.63. The summed E-state index contributed by atoms with van der Waals surface area (Å²) in [6.07, 6.45) is 0.763. The maximum Gasteiger partial charge on any atom is 0.338 e.